The maximum atomic E-state index is 3.92. The molecular weight excluding hydrogens is 220 g/mol. The fourth-order valence-corrected chi connectivity index (χ4v) is 4.23. The fraction of sp³-hybridized carbons (Fsp3) is 1.00. The summed E-state index contributed by atoms with van der Waals surface area (Å²) >= 11 is 0. The Bertz CT molecular complexity index is 287. The summed E-state index contributed by atoms with van der Waals surface area (Å²) in [7, 11) is 0. The van der Waals surface area contributed by atoms with Crippen LogP contribution in [-0.4, -0.2) is 35.6 Å². The van der Waals surface area contributed by atoms with Crippen molar-refractivity contribution in [1.29, 1.82) is 0 Å². The van der Waals surface area contributed by atoms with E-state index in [4.69, 9.17) is 0 Å². The number of nitrogens with one attached hydrogen (secondary N) is 1. The zero-order chi connectivity index (χ0) is 12.6. The van der Waals surface area contributed by atoms with Crippen molar-refractivity contribution in [3.63, 3.8) is 0 Å². The second kappa shape index (κ2) is 4.79. The predicted octanol–water partition coefficient (Wildman–Crippen LogP) is 3.17. The molecule has 0 aromatic heterocycles. The first-order valence-corrected chi connectivity index (χ1v) is 8.13. The van der Waals surface area contributed by atoms with Crippen LogP contribution in [0.1, 0.15) is 65.2 Å². The molecule has 1 heterocycles. The van der Waals surface area contributed by atoms with Gasteiger partial charge in [-0.3, -0.25) is 4.90 Å². The van der Waals surface area contributed by atoms with Crippen LogP contribution in [0, 0.1) is 5.92 Å². The Labute approximate surface area is 113 Å². The average molecular weight is 250 g/mol. The topological polar surface area (TPSA) is 15.3 Å². The summed E-state index contributed by atoms with van der Waals surface area (Å²) in [5.74, 6) is 0.969. The number of hydrogen-bond donors (Lipinski definition) is 1. The summed E-state index contributed by atoms with van der Waals surface area (Å²) in [5, 5.41) is 3.92. The van der Waals surface area contributed by atoms with Crippen LogP contribution >= 0.6 is 0 Å². The highest BCUT2D eigenvalue weighted by atomic mass is 15.2. The molecule has 3 aliphatic rings. The Morgan fingerprint density at radius 3 is 2.44 bits per heavy atom. The van der Waals surface area contributed by atoms with E-state index in [-0.39, 0.29) is 0 Å². The lowest BCUT2D eigenvalue weighted by Crippen LogP contribution is -2.57. The van der Waals surface area contributed by atoms with Gasteiger partial charge in [-0.15, -0.1) is 0 Å². The summed E-state index contributed by atoms with van der Waals surface area (Å²) in [6.07, 6.45) is 11.4. The first-order valence-electron chi connectivity index (χ1n) is 8.13. The van der Waals surface area contributed by atoms with Crippen molar-refractivity contribution in [3.8, 4) is 0 Å². The molecule has 2 heteroatoms. The molecule has 0 aromatic carbocycles. The molecule has 3 rings (SSSR count). The van der Waals surface area contributed by atoms with Crippen molar-refractivity contribution >= 4 is 0 Å². The van der Waals surface area contributed by atoms with E-state index in [2.05, 4.69) is 24.1 Å². The minimum atomic E-state index is 0.441. The lowest BCUT2D eigenvalue weighted by molar-refractivity contribution is 0.0633. The molecule has 1 aliphatic heterocycles. The number of hydrogen-bond acceptors (Lipinski definition) is 2. The van der Waals surface area contributed by atoms with Crippen molar-refractivity contribution in [2.24, 2.45) is 5.92 Å². The normalized spacial score (nSPS) is 30.3. The van der Waals surface area contributed by atoms with Gasteiger partial charge in [0.1, 0.15) is 0 Å². The van der Waals surface area contributed by atoms with Crippen LogP contribution in [0.4, 0.5) is 0 Å². The van der Waals surface area contributed by atoms with Gasteiger partial charge in [0.2, 0.25) is 0 Å². The lowest BCUT2D eigenvalue weighted by Gasteiger charge is -2.45. The van der Waals surface area contributed by atoms with E-state index in [1.54, 1.807) is 0 Å². The van der Waals surface area contributed by atoms with E-state index in [0.717, 1.165) is 5.92 Å². The van der Waals surface area contributed by atoms with E-state index in [0.29, 0.717) is 11.1 Å². The Hall–Kier alpha value is -0.0800. The van der Waals surface area contributed by atoms with Gasteiger partial charge in [0.15, 0.2) is 0 Å². The standard InChI is InChI=1S/C16H30N2/c1-15(2,14-7-8-14)18-12-6-11-17-16(13-18)9-4-3-5-10-16/h14,17H,3-13H2,1-2H3. The molecule has 0 atom stereocenters. The minimum absolute atomic E-state index is 0.441. The molecule has 1 saturated heterocycles. The Morgan fingerprint density at radius 1 is 1.06 bits per heavy atom. The summed E-state index contributed by atoms with van der Waals surface area (Å²) in [6.45, 7) is 8.82. The second-order valence-corrected chi connectivity index (χ2v) is 7.47. The molecule has 1 N–H and O–H groups in total. The van der Waals surface area contributed by atoms with Gasteiger partial charge < -0.3 is 5.32 Å². The number of nitrogens with zero attached hydrogens (tertiary/aromatic N) is 1. The Morgan fingerprint density at radius 2 is 1.78 bits per heavy atom. The Kier molecular flexibility index (Phi) is 3.44. The van der Waals surface area contributed by atoms with E-state index < -0.39 is 0 Å². The molecular formula is C16H30N2. The SMILES string of the molecule is CC(C)(C1CC1)N1CCCNC2(CCCCC2)C1. The molecule has 2 saturated carbocycles. The molecule has 0 amide bonds. The van der Waals surface area contributed by atoms with Crippen LogP contribution < -0.4 is 5.32 Å². The van der Waals surface area contributed by atoms with Crippen LogP contribution in [0.25, 0.3) is 0 Å². The van der Waals surface area contributed by atoms with E-state index in [9.17, 15) is 0 Å². The minimum Gasteiger partial charge on any atom is -0.310 e. The third-order valence-electron chi connectivity index (χ3n) is 5.80. The summed E-state index contributed by atoms with van der Waals surface area (Å²) in [5.41, 5.74) is 0.900. The van der Waals surface area contributed by atoms with E-state index >= 15 is 0 Å². The molecule has 104 valence electrons. The fourth-order valence-electron chi connectivity index (χ4n) is 4.23. The van der Waals surface area contributed by atoms with Crippen molar-refractivity contribution in [2.75, 3.05) is 19.6 Å². The van der Waals surface area contributed by atoms with E-state index in [1.165, 1.54) is 71.0 Å². The molecule has 0 aromatic rings. The highest BCUT2D eigenvalue weighted by molar-refractivity contribution is 5.02. The maximum Gasteiger partial charge on any atom is 0.0309 e. The third kappa shape index (κ3) is 2.46. The van der Waals surface area contributed by atoms with Crippen molar-refractivity contribution < 1.29 is 0 Å². The van der Waals surface area contributed by atoms with Gasteiger partial charge in [-0.25, -0.2) is 0 Å². The van der Waals surface area contributed by atoms with Crippen LogP contribution in [0.15, 0.2) is 0 Å². The van der Waals surface area contributed by atoms with Gasteiger partial charge in [0.25, 0.3) is 0 Å². The predicted molar refractivity (Wildman–Crippen MR) is 76.8 cm³/mol. The smallest absolute Gasteiger partial charge is 0.0309 e. The first kappa shape index (κ1) is 12.9. The van der Waals surface area contributed by atoms with Crippen LogP contribution in [-0.2, 0) is 0 Å². The average Bonchev–Trinajstić information content (AvgIpc) is 3.17. The van der Waals surface area contributed by atoms with Crippen LogP contribution in [0.3, 0.4) is 0 Å². The largest absolute Gasteiger partial charge is 0.310 e. The van der Waals surface area contributed by atoms with Crippen LogP contribution in [0.2, 0.25) is 0 Å². The van der Waals surface area contributed by atoms with Crippen molar-refractivity contribution in [3.05, 3.63) is 0 Å². The first-order chi connectivity index (χ1) is 8.62. The zero-order valence-electron chi connectivity index (χ0n) is 12.3. The highest BCUT2D eigenvalue weighted by Gasteiger charge is 2.45. The quantitative estimate of drug-likeness (QED) is 0.810. The van der Waals surface area contributed by atoms with Gasteiger partial charge in [0, 0.05) is 17.6 Å². The monoisotopic (exact) mass is 250 g/mol. The van der Waals surface area contributed by atoms with Gasteiger partial charge in [-0.1, -0.05) is 19.3 Å². The molecule has 0 radical (unpaired) electrons. The highest BCUT2D eigenvalue weighted by Crippen LogP contribution is 2.44. The molecule has 0 bridgehead atoms. The molecule has 18 heavy (non-hydrogen) atoms. The molecule has 3 fully saturated rings. The van der Waals surface area contributed by atoms with Gasteiger partial charge >= 0.3 is 0 Å². The molecule has 2 nitrogen and oxygen atoms in total. The van der Waals surface area contributed by atoms with Crippen molar-refractivity contribution in [2.45, 2.75) is 76.3 Å². The summed E-state index contributed by atoms with van der Waals surface area (Å²) in [6, 6.07) is 0. The number of rotatable bonds is 2. The zero-order valence-corrected chi connectivity index (χ0v) is 12.3. The van der Waals surface area contributed by atoms with Crippen LogP contribution in [0.5, 0.6) is 0 Å². The molecule has 0 unspecified atom stereocenters. The van der Waals surface area contributed by atoms with Gasteiger partial charge in [-0.05, 0) is 65.0 Å². The maximum absolute atomic E-state index is 3.92. The van der Waals surface area contributed by atoms with E-state index in [1.807, 2.05) is 0 Å². The Balaban J connectivity index is 1.74. The van der Waals surface area contributed by atoms with Crippen molar-refractivity contribution in [1.82, 2.24) is 10.2 Å². The third-order valence-corrected chi connectivity index (χ3v) is 5.80. The van der Waals surface area contributed by atoms with Gasteiger partial charge in [0.05, 0.1) is 0 Å². The summed E-state index contributed by atoms with van der Waals surface area (Å²) < 4.78 is 0. The summed E-state index contributed by atoms with van der Waals surface area (Å²) in [4.78, 5) is 2.83. The molecule has 1 spiro atoms. The second-order valence-electron chi connectivity index (χ2n) is 7.47. The lowest BCUT2D eigenvalue weighted by atomic mass is 9.80. The molecule has 2 aliphatic carbocycles. The van der Waals surface area contributed by atoms with Gasteiger partial charge in [-0.2, -0.15) is 0 Å².